The number of hydrogen-bond donors (Lipinski definition) is 0. The van der Waals surface area contributed by atoms with E-state index in [4.69, 9.17) is 0 Å². The molecular formula is C56H40S. The molecule has 1 heteroatoms. The van der Waals surface area contributed by atoms with Gasteiger partial charge in [0.15, 0.2) is 0 Å². The standard InChI is InChI=1S/C56H40S/c1-2-13-37-34(12-1)24-25-44-48-31-47(38-14-3-8-19-43(38)55(48)56(54(37)44)35-27-32-26-33(29-35)30-36(56)28-32)52-41-17-6-4-15-39(41)51(40-16-5-7-18-42(40)52)46-21-11-23-50-53(46)45-20-9-10-22-49(45)57-50/h1-25,31-33,35-36H,26-30H2. The zero-order valence-electron chi connectivity index (χ0n) is 31.8. The van der Waals surface area contributed by atoms with Crippen LogP contribution < -0.4 is 0 Å². The zero-order chi connectivity index (χ0) is 37.0. The van der Waals surface area contributed by atoms with Crippen molar-refractivity contribution in [3.8, 4) is 33.4 Å². The van der Waals surface area contributed by atoms with Gasteiger partial charge < -0.3 is 0 Å². The Kier molecular flexibility index (Phi) is 6.16. The lowest BCUT2D eigenvalue weighted by molar-refractivity contribution is -0.0388. The molecule has 1 aromatic heterocycles. The van der Waals surface area contributed by atoms with E-state index in [1.807, 2.05) is 11.3 Å². The highest BCUT2D eigenvalue weighted by Crippen LogP contribution is 2.71. The number of benzene rings is 9. The van der Waals surface area contributed by atoms with Crippen LogP contribution in [0.25, 0.3) is 96.6 Å². The SMILES string of the molecule is c1ccc2c3c(ccc2c1)-c1cc(-c2c4ccccc4c(-c4cccc5sc6ccccc6c45)c4ccccc24)c2ccccc2c1C31C2CC3CC(C2)CC1C3. The van der Waals surface area contributed by atoms with Gasteiger partial charge in [0.1, 0.15) is 0 Å². The molecule has 0 nitrogen and oxygen atoms in total. The summed E-state index contributed by atoms with van der Waals surface area (Å²) in [4.78, 5) is 0. The van der Waals surface area contributed by atoms with E-state index < -0.39 is 0 Å². The van der Waals surface area contributed by atoms with E-state index in [2.05, 4.69) is 158 Å². The van der Waals surface area contributed by atoms with Crippen molar-refractivity contribution in [1.82, 2.24) is 0 Å². The molecule has 4 fully saturated rings. The molecule has 15 rings (SSSR count). The molecule has 1 spiro atoms. The minimum atomic E-state index is 0.0626. The molecule has 0 atom stereocenters. The van der Waals surface area contributed by atoms with Crippen LogP contribution >= 0.6 is 11.3 Å². The van der Waals surface area contributed by atoms with Crippen molar-refractivity contribution >= 4 is 74.6 Å². The summed E-state index contributed by atoms with van der Waals surface area (Å²) in [5, 5.41) is 13.8. The number of hydrogen-bond acceptors (Lipinski definition) is 1. The second kappa shape index (κ2) is 11.2. The Morgan fingerprint density at radius 1 is 0.368 bits per heavy atom. The molecule has 0 aliphatic heterocycles. The average Bonchev–Trinajstić information content (AvgIpc) is 3.79. The fraction of sp³-hybridized carbons (Fsp3) is 0.179. The topological polar surface area (TPSA) is 0 Å². The molecule has 57 heavy (non-hydrogen) atoms. The van der Waals surface area contributed by atoms with Crippen LogP contribution in [0.5, 0.6) is 0 Å². The quantitative estimate of drug-likeness (QED) is 0.155. The van der Waals surface area contributed by atoms with Crippen molar-refractivity contribution in [2.24, 2.45) is 23.7 Å². The van der Waals surface area contributed by atoms with E-state index in [9.17, 15) is 0 Å². The van der Waals surface area contributed by atoms with Crippen molar-refractivity contribution in [3.05, 3.63) is 169 Å². The van der Waals surface area contributed by atoms with Gasteiger partial charge in [-0.2, -0.15) is 0 Å². The first-order valence-corrected chi connectivity index (χ1v) is 22.0. The van der Waals surface area contributed by atoms with Crippen molar-refractivity contribution < 1.29 is 0 Å². The first-order chi connectivity index (χ1) is 28.3. The Morgan fingerprint density at radius 2 is 0.895 bits per heavy atom. The summed E-state index contributed by atoms with van der Waals surface area (Å²) in [5.41, 5.74) is 11.8. The molecule has 0 saturated heterocycles. The van der Waals surface area contributed by atoms with E-state index in [1.165, 1.54) is 129 Å². The van der Waals surface area contributed by atoms with Gasteiger partial charge in [0, 0.05) is 25.6 Å². The Bertz CT molecular complexity index is 3290. The Labute approximate surface area is 336 Å². The van der Waals surface area contributed by atoms with Crippen LogP contribution in [0.2, 0.25) is 0 Å². The van der Waals surface area contributed by atoms with Gasteiger partial charge in [0.25, 0.3) is 0 Å². The van der Waals surface area contributed by atoms with E-state index in [0.717, 1.165) is 11.8 Å². The molecular weight excluding hydrogens is 705 g/mol. The van der Waals surface area contributed by atoms with Crippen LogP contribution in [-0.4, -0.2) is 0 Å². The van der Waals surface area contributed by atoms with Gasteiger partial charge in [0.05, 0.1) is 0 Å². The normalized spacial score (nSPS) is 23.2. The minimum absolute atomic E-state index is 0.0626. The lowest BCUT2D eigenvalue weighted by Crippen LogP contribution is -2.55. The molecule has 270 valence electrons. The maximum absolute atomic E-state index is 2.67. The van der Waals surface area contributed by atoms with E-state index in [1.54, 1.807) is 11.1 Å². The van der Waals surface area contributed by atoms with Gasteiger partial charge in [-0.3, -0.25) is 0 Å². The third kappa shape index (κ3) is 3.94. The summed E-state index contributed by atoms with van der Waals surface area (Å²) in [6, 6.07) is 60.9. The maximum Gasteiger partial charge on any atom is 0.0361 e. The molecule has 0 unspecified atom stereocenters. The highest BCUT2D eigenvalue weighted by atomic mass is 32.1. The van der Waals surface area contributed by atoms with Crippen LogP contribution in [0.3, 0.4) is 0 Å². The summed E-state index contributed by atoms with van der Waals surface area (Å²) in [7, 11) is 0. The molecule has 0 radical (unpaired) electrons. The Balaban J connectivity index is 1.12. The van der Waals surface area contributed by atoms with Crippen molar-refractivity contribution in [2.75, 3.05) is 0 Å². The zero-order valence-corrected chi connectivity index (χ0v) is 32.6. The van der Waals surface area contributed by atoms with Gasteiger partial charge >= 0.3 is 0 Å². The summed E-state index contributed by atoms with van der Waals surface area (Å²) in [6.45, 7) is 0. The second-order valence-corrected chi connectivity index (χ2v) is 19.0. The van der Waals surface area contributed by atoms with Crippen molar-refractivity contribution in [1.29, 1.82) is 0 Å². The predicted octanol–water partition coefficient (Wildman–Crippen LogP) is 15.7. The molecule has 0 N–H and O–H groups in total. The van der Waals surface area contributed by atoms with Gasteiger partial charge in [0.2, 0.25) is 0 Å². The van der Waals surface area contributed by atoms with Crippen LogP contribution in [0.15, 0.2) is 158 Å². The summed E-state index contributed by atoms with van der Waals surface area (Å²) >= 11 is 1.91. The molecule has 5 aliphatic rings. The molecule has 0 amide bonds. The highest BCUT2D eigenvalue weighted by Gasteiger charge is 2.62. The van der Waals surface area contributed by atoms with Gasteiger partial charge in [-0.25, -0.2) is 0 Å². The fourth-order valence-corrected chi connectivity index (χ4v) is 14.9. The fourth-order valence-electron chi connectivity index (χ4n) is 13.7. The Hall–Kier alpha value is -5.76. The Morgan fingerprint density at radius 3 is 1.58 bits per heavy atom. The molecule has 9 aromatic carbocycles. The van der Waals surface area contributed by atoms with Crippen molar-refractivity contribution in [3.63, 3.8) is 0 Å². The van der Waals surface area contributed by atoms with Crippen LogP contribution in [0, 0.1) is 23.7 Å². The van der Waals surface area contributed by atoms with E-state index in [-0.39, 0.29) is 5.41 Å². The first-order valence-electron chi connectivity index (χ1n) is 21.2. The average molecular weight is 745 g/mol. The summed E-state index contributed by atoms with van der Waals surface area (Å²) in [6.07, 6.45) is 7.00. The van der Waals surface area contributed by atoms with Crippen LogP contribution in [-0.2, 0) is 5.41 Å². The predicted molar refractivity (Wildman–Crippen MR) is 243 cm³/mol. The summed E-state index contributed by atoms with van der Waals surface area (Å²) < 4.78 is 2.69. The molecule has 10 aromatic rings. The lowest BCUT2D eigenvalue weighted by atomic mass is 9.42. The molecule has 4 saturated carbocycles. The minimum Gasteiger partial charge on any atom is -0.135 e. The van der Waals surface area contributed by atoms with E-state index >= 15 is 0 Å². The van der Waals surface area contributed by atoms with Gasteiger partial charge in [-0.15, -0.1) is 11.3 Å². The van der Waals surface area contributed by atoms with Gasteiger partial charge in [-0.1, -0.05) is 140 Å². The highest BCUT2D eigenvalue weighted by molar-refractivity contribution is 7.26. The molecule has 1 heterocycles. The van der Waals surface area contributed by atoms with Crippen molar-refractivity contribution in [2.45, 2.75) is 37.5 Å². The number of thiophene rings is 1. The molecule has 4 bridgehead atoms. The van der Waals surface area contributed by atoms with E-state index in [0.29, 0.717) is 11.8 Å². The smallest absolute Gasteiger partial charge is 0.0361 e. The second-order valence-electron chi connectivity index (χ2n) is 17.9. The third-order valence-electron chi connectivity index (χ3n) is 15.4. The lowest BCUT2D eigenvalue weighted by Gasteiger charge is -2.61. The van der Waals surface area contributed by atoms with Crippen LogP contribution in [0.1, 0.15) is 43.2 Å². The van der Waals surface area contributed by atoms with Crippen LogP contribution in [0.4, 0.5) is 0 Å². The van der Waals surface area contributed by atoms with Gasteiger partial charge in [-0.05, 0) is 162 Å². The number of fused-ring (bicyclic) bond motifs is 12. The maximum atomic E-state index is 2.67. The monoisotopic (exact) mass is 744 g/mol. The third-order valence-corrected chi connectivity index (χ3v) is 16.5. The number of rotatable bonds is 2. The first kappa shape index (κ1) is 31.3. The summed E-state index contributed by atoms with van der Waals surface area (Å²) in [5.74, 6) is 3.21. The molecule has 5 aliphatic carbocycles. The largest absolute Gasteiger partial charge is 0.135 e.